The van der Waals surface area contributed by atoms with Crippen molar-refractivity contribution in [3.8, 4) is 5.75 Å². The fourth-order valence-corrected chi connectivity index (χ4v) is 1.95. The van der Waals surface area contributed by atoms with Crippen molar-refractivity contribution in [2.45, 2.75) is 6.92 Å². The van der Waals surface area contributed by atoms with E-state index >= 15 is 0 Å². The van der Waals surface area contributed by atoms with E-state index < -0.39 is 0 Å². The zero-order valence-electron chi connectivity index (χ0n) is 8.73. The van der Waals surface area contributed by atoms with Crippen LogP contribution >= 0.6 is 11.3 Å². The van der Waals surface area contributed by atoms with E-state index in [0.717, 1.165) is 5.56 Å². The fraction of sp³-hybridized carbons (Fsp3) is 0.0833. The van der Waals surface area contributed by atoms with E-state index in [1.807, 2.05) is 11.4 Å². The van der Waals surface area contributed by atoms with Gasteiger partial charge in [0.15, 0.2) is 0 Å². The first-order valence-electron chi connectivity index (χ1n) is 4.81. The summed E-state index contributed by atoms with van der Waals surface area (Å²) in [6, 6.07) is 8.59. The van der Waals surface area contributed by atoms with E-state index in [-0.39, 0.29) is 11.7 Å². The second kappa shape index (κ2) is 4.37. The van der Waals surface area contributed by atoms with Gasteiger partial charge < -0.3 is 10.4 Å². The third kappa shape index (κ3) is 2.23. The predicted octanol–water partition coefficient (Wildman–Crippen LogP) is 3.01. The molecular weight excluding hydrogens is 222 g/mol. The van der Waals surface area contributed by atoms with Crippen molar-refractivity contribution < 1.29 is 9.90 Å². The number of nitrogens with one attached hydrogen (secondary N) is 1. The molecule has 4 heteroatoms. The first-order chi connectivity index (χ1) is 7.66. The number of phenolic OH excluding ortho intramolecular Hbond substituents is 1. The molecule has 1 aromatic carbocycles. The van der Waals surface area contributed by atoms with Gasteiger partial charge in [-0.1, -0.05) is 6.07 Å². The number of aromatic hydroxyl groups is 1. The molecule has 2 aromatic rings. The highest BCUT2D eigenvalue weighted by Gasteiger charge is 2.07. The van der Waals surface area contributed by atoms with E-state index in [1.165, 1.54) is 11.3 Å². The average molecular weight is 233 g/mol. The number of hydrogen-bond acceptors (Lipinski definition) is 3. The highest BCUT2D eigenvalue weighted by Crippen LogP contribution is 2.21. The van der Waals surface area contributed by atoms with Gasteiger partial charge in [0.25, 0.3) is 5.91 Å². The zero-order chi connectivity index (χ0) is 11.5. The summed E-state index contributed by atoms with van der Waals surface area (Å²) in [6.45, 7) is 1.79. The van der Waals surface area contributed by atoms with Crippen LogP contribution in [-0.2, 0) is 0 Å². The molecule has 0 unspecified atom stereocenters. The zero-order valence-corrected chi connectivity index (χ0v) is 9.54. The van der Waals surface area contributed by atoms with Crippen LogP contribution in [0, 0.1) is 6.92 Å². The molecule has 0 saturated carbocycles. The molecule has 16 heavy (non-hydrogen) atoms. The molecular formula is C12H11NO2S. The minimum atomic E-state index is -0.125. The monoisotopic (exact) mass is 233 g/mol. The van der Waals surface area contributed by atoms with Crippen LogP contribution in [0.3, 0.4) is 0 Å². The number of hydrogen-bond donors (Lipinski definition) is 2. The molecule has 0 radical (unpaired) electrons. The Bertz CT molecular complexity index is 506. The maximum absolute atomic E-state index is 11.7. The van der Waals surface area contributed by atoms with Crippen molar-refractivity contribution in [2.75, 3.05) is 5.32 Å². The largest absolute Gasteiger partial charge is 0.508 e. The van der Waals surface area contributed by atoms with Gasteiger partial charge in [0.05, 0.1) is 4.88 Å². The Morgan fingerprint density at radius 3 is 2.81 bits per heavy atom. The number of rotatable bonds is 2. The molecule has 3 nitrogen and oxygen atoms in total. The molecule has 0 aliphatic heterocycles. The number of aryl methyl sites for hydroxylation is 1. The number of carbonyl (C=O) groups is 1. The molecule has 1 aromatic heterocycles. The molecule has 0 aliphatic carbocycles. The molecule has 0 bridgehead atoms. The second-order valence-electron chi connectivity index (χ2n) is 3.43. The molecule has 0 saturated heterocycles. The van der Waals surface area contributed by atoms with Gasteiger partial charge in [0.2, 0.25) is 0 Å². The first kappa shape index (κ1) is 10.7. The van der Waals surface area contributed by atoms with E-state index in [0.29, 0.717) is 10.6 Å². The lowest BCUT2D eigenvalue weighted by Gasteiger charge is -2.05. The van der Waals surface area contributed by atoms with E-state index in [1.54, 1.807) is 31.2 Å². The van der Waals surface area contributed by atoms with Crippen molar-refractivity contribution in [3.63, 3.8) is 0 Å². The van der Waals surface area contributed by atoms with E-state index in [9.17, 15) is 9.90 Å². The Balaban J connectivity index is 2.15. The molecule has 82 valence electrons. The summed E-state index contributed by atoms with van der Waals surface area (Å²) in [6.07, 6.45) is 0. The highest BCUT2D eigenvalue weighted by atomic mass is 32.1. The SMILES string of the molecule is Cc1cc(NC(=O)c2cccs2)ccc1O. The molecule has 2 rings (SSSR count). The third-order valence-corrected chi connectivity index (χ3v) is 3.07. The lowest BCUT2D eigenvalue weighted by Crippen LogP contribution is -2.09. The topological polar surface area (TPSA) is 49.3 Å². The molecule has 1 amide bonds. The maximum atomic E-state index is 11.7. The Morgan fingerprint density at radius 1 is 1.38 bits per heavy atom. The number of thiophene rings is 1. The Hall–Kier alpha value is -1.81. The van der Waals surface area contributed by atoms with Crippen LogP contribution in [0.25, 0.3) is 0 Å². The molecule has 0 spiro atoms. The van der Waals surface area contributed by atoms with Crippen LogP contribution in [0.5, 0.6) is 5.75 Å². The average Bonchev–Trinajstić information content (AvgIpc) is 2.77. The van der Waals surface area contributed by atoms with Gasteiger partial charge in [-0.3, -0.25) is 4.79 Å². The van der Waals surface area contributed by atoms with Crippen LogP contribution in [0.2, 0.25) is 0 Å². The van der Waals surface area contributed by atoms with E-state index in [4.69, 9.17) is 0 Å². The summed E-state index contributed by atoms with van der Waals surface area (Å²) < 4.78 is 0. The summed E-state index contributed by atoms with van der Waals surface area (Å²) in [5.41, 5.74) is 1.43. The second-order valence-corrected chi connectivity index (χ2v) is 4.38. The number of anilines is 1. The summed E-state index contributed by atoms with van der Waals surface area (Å²) >= 11 is 1.40. The fourth-order valence-electron chi connectivity index (χ4n) is 1.33. The summed E-state index contributed by atoms with van der Waals surface area (Å²) in [5, 5.41) is 14.0. The van der Waals surface area contributed by atoms with Crippen molar-refractivity contribution in [2.24, 2.45) is 0 Å². The number of phenols is 1. The van der Waals surface area contributed by atoms with Crippen molar-refractivity contribution in [1.29, 1.82) is 0 Å². The summed E-state index contributed by atoms with van der Waals surface area (Å²) in [4.78, 5) is 12.4. The first-order valence-corrected chi connectivity index (χ1v) is 5.69. The van der Waals surface area contributed by atoms with Gasteiger partial charge >= 0.3 is 0 Å². The number of amides is 1. The minimum absolute atomic E-state index is 0.125. The predicted molar refractivity (Wildman–Crippen MR) is 65.1 cm³/mol. The third-order valence-electron chi connectivity index (χ3n) is 2.20. The Kier molecular flexibility index (Phi) is 2.92. The summed E-state index contributed by atoms with van der Waals surface area (Å²) in [5.74, 6) is 0.106. The summed E-state index contributed by atoms with van der Waals surface area (Å²) in [7, 11) is 0. The molecule has 0 aliphatic rings. The maximum Gasteiger partial charge on any atom is 0.265 e. The van der Waals surface area contributed by atoms with Crippen LogP contribution in [0.15, 0.2) is 35.7 Å². The smallest absolute Gasteiger partial charge is 0.265 e. The van der Waals surface area contributed by atoms with Gasteiger partial charge in [-0.05, 0) is 42.1 Å². The van der Waals surface area contributed by atoms with Gasteiger partial charge in [-0.2, -0.15) is 0 Å². The van der Waals surface area contributed by atoms with Crippen LogP contribution in [-0.4, -0.2) is 11.0 Å². The lowest BCUT2D eigenvalue weighted by molar-refractivity contribution is 0.103. The molecule has 1 heterocycles. The quantitative estimate of drug-likeness (QED) is 0.783. The van der Waals surface area contributed by atoms with Gasteiger partial charge in [0, 0.05) is 5.69 Å². The van der Waals surface area contributed by atoms with Crippen molar-refractivity contribution >= 4 is 22.9 Å². The van der Waals surface area contributed by atoms with Gasteiger partial charge in [0.1, 0.15) is 5.75 Å². The van der Waals surface area contributed by atoms with Crippen molar-refractivity contribution in [1.82, 2.24) is 0 Å². The van der Waals surface area contributed by atoms with Gasteiger partial charge in [-0.25, -0.2) is 0 Å². The van der Waals surface area contributed by atoms with Crippen molar-refractivity contribution in [3.05, 3.63) is 46.2 Å². The highest BCUT2D eigenvalue weighted by molar-refractivity contribution is 7.12. The van der Waals surface area contributed by atoms with E-state index in [2.05, 4.69) is 5.32 Å². The number of benzene rings is 1. The molecule has 2 N–H and O–H groups in total. The molecule has 0 atom stereocenters. The number of carbonyl (C=O) groups excluding carboxylic acids is 1. The molecule has 0 fully saturated rings. The van der Waals surface area contributed by atoms with Crippen LogP contribution in [0.1, 0.15) is 15.2 Å². The standard InChI is InChI=1S/C12H11NO2S/c1-8-7-9(4-5-10(8)14)13-12(15)11-3-2-6-16-11/h2-7,14H,1H3,(H,13,15). The Labute approximate surface area is 97.4 Å². The van der Waals surface area contributed by atoms with Crippen LogP contribution < -0.4 is 5.32 Å². The van der Waals surface area contributed by atoms with Crippen LogP contribution in [0.4, 0.5) is 5.69 Å². The Morgan fingerprint density at radius 2 is 2.19 bits per heavy atom. The minimum Gasteiger partial charge on any atom is -0.508 e. The lowest BCUT2D eigenvalue weighted by atomic mass is 10.2. The normalized spacial score (nSPS) is 10.1. The van der Waals surface area contributed by atoms with Gasteiger partial charge in [-0.15, -0.1) is 11.3 Å².